The zero-order valence-corrected chi connectivity index (χ0v) is 7.37. The summed E-state index contributed by atoms with van der Waals surface area (Å²) in [5.74, 6) is 0. The van der Waals surface area contributed by atoms with Gasteiger partial charge in [0.2, 0.25) is 0 Å². The van der Waals surface area contributed by atoms with Crippen LogP contribution in [0.2, 0.25) is 0 Å². The van der Waals surface area contributed by atoms with Gasteiger partial charge in [-0.1, -0.05) is 24.3 Å². The first-order valence-corrected chi connectivity index (χ1v) is 3.97. The van der Waals surface area contributed by atoms with E-state index in [2.05, 4.69) is 10.6 Å². The molecule has 12 heavy (non-hydrogen) atoms. The number of hydrogen-bond acceptors (Lipinski definition) is 3. The Balaban J connectivity index is 2.91. The van der Waals surface area contributed by atoms with Gasteiger partial charge in [0, 0.05) is 0 Å². The fourth-order valence-electron chi connectivity index (χ4n) is 1.40. The maximum atomic E-state index is 10.9. The topological polar surface area (TPSA) is 41.1 Å². The quantitative estimate of drug-likeness (QED) is 0.573. The first-order chi connectivity index (χ1) is 5.79. The number of allylic oxidation sites excluding steroid dienone is 2. The monoisotopic (exact) mass is 166 g/mol. The molecule has 1 rings (SSSR count). The van der Waals surface area contributed by atoms with Gasteiger partial charge in [-0.25, -0.2) is 0 Å². The van der Waals surface area contributed by atoms with Crippen molar-refractivity contribution in [3.05, 3.63) is 24.3 Å². The Morgan fingerprint density at radius 2 is 2.17 bits per heavy atom. The fourth-order valence-corrected chi connectivity index (χ4v) is 1.40. The second-order valence-corrected chi connectivity index (χ2v) is 2.81. The fraction of sp³-hybridized carbons (Fsp3) is 0.444. The summed E-state index contributed by atoms with van der Waals surface area (Å²) in [6.07, 6.45) is 8.55. The second kappa shape index (κ2) is 3.65. The summed E-state index contributed by atoms with van der Waals surface area (Å²) in [6, 6.07) is 0.0324. The van der Waals surface area contributed by atoms with E-state index in [4.69, 9.17) is 0 Å². The molecule has 0 aromatic carbocycles. The van der Waals surface area contributed by atoms with Crippen LogP contribution in [0.1, 0.15) is 0 Å². The molecule has 0 radical (unpaired) electrons. The lowest BCUT2D eigenvalue weighted by molar-refractivity contribution is -0.112. The van der Waals surface area contributed by atoms with Gasteiger partial charge in [-0.15, -0.1) is 0 Å². The number of likely N-dealkylation sites (N-methyl/N-ethyl adjacent to an activating group) is 2. The Bertz CT molecular complexity index is 223. The SMILES string of the molecule is CNC1C=CC=CC1(C=O)NC. The minimum absolute atomic E-state index is 0.0324. The highest BCUT2D eigenvalue weighted by Crippen LogP contribution is 2.14. The van der Waals surface area contributed by atoms with E-state index in [1.54, 1.807) is 7.05 Å². The molecule has 0 bridgehead atoms. The minimum atomic E-state index is -0.580. The van der Waals surface area contributed by atoms with Crippen LogP contribution in [0.4, 0.5) is 0 Å². The molecule has 2 atom stereocenters. The Labute approximate surface area is 72.5 Å². The third-order valence-electron chi connectivity index (χ3n) is 2.24. The largest absolute Gasteiger partial charge is 0.311 e. The van der Waals surface area contributed by atoms with Crippen LogP contribution in [-0.2, 0) is 4.79 Å². The van der Waals surface area contributed by atoms with Crippen molar-refractivity contribution in [3.63, 3.8) is 0 Å². The highest BCUT2D eigenvalue weighted by Gasteiger charge is 2.33. The van der Waals surface area contributed by atoms with Gasteiger partial charge in [0.25, 0.3) is 0 Å². The van der Waals surface area contributed by atoms with Gasteiger partial charge >= 0.3 is 0 Å². The van der Waals surface area contributed by atoms with Gasteiger partial charge < -0.3 is 15.4 Å². The Kier molecular flexibility index (Phi) is 2.78. The summed E-state index contributed by atoms with van der Waals surface area (Å²) in [5, 5.41) is 6.06. The summed E-state index contributed by atoms with van der Waals surface area (Å²) in [6.45, 7) is 0. The zero-order valence-electron chi connectivity index (χ0n) is 7.37. The van der Waals surface area contributed by atoms with Gasteiger partial charge in [0.05, 0.1) is 6.04 Å². The molecule has 1 aliphatic rings. The molecule has 2 N–H and O–H groups in total. The highest BCUT2D eigenvalue weighted by atomic mass is 16.1. The Morgan fingerprint density at radius 3 is 2.58 bits per heavy atom. The molecule has 0 heterocycles. The van der Waals surface area contributed by atoms with Crippen molar-refractivity contribution in [2.45, 2.75) is 11.6 Å². The lowest BCUT2D eigenvalue weighted by Gasteiger charge is -2.32. The van der Waals surface area contributed by atoms with E-state index in [1.807, 2.05) is 31.4 Å². The summed E-state index contributed by atoms with van der Waals surface area (Å²) < 4.78 is 0. The zero-order chi connectivity index (χ0) is 9.03. The van der Waals surface area contributed by atoms with E-state index in [1.165, 1.54) is 0 Å². The van der Waals surface area contributed by atoms with Crippen molar-refractivity contribution in [1.82, 2.24) is 10.6 Å². The summed E-state index contributed by atoms with van der Waals surface area (Å²) in [5.41, 5.74) is -0.580. The van der Waals surface area contributed by atoms with Crippen molar-refractivity contribution in [3.8, 4) is 0 Å². The van der Waals surface area contributed by atoms with E-state index in [0.29, 0.717) is 0 Å². The van der Waals surface area contributed by atoms with Crippen LogP contribution in [0.3, 0.4) is 0 Å². The number of carbonyl (C=O) groups excluding carboxylic acids is 1. The van der Waals surface area contributed by atoms with Crippen LogP contribution in [0.25, 0.3) is 0 Å². The van der Waals surface area contributed by atoms with Gasteiger partial charge in [0.15, 0.2) is 0 Å². The van der Waals surface area contributed by atoms with Crippen molar-refractivity contribution in [2.24, 2.45) is 0 Å². The summed E-state index contributed by atoms with van der Waals surface area (Å²) in [4.78, 5) is 10.9. The van der Waals surface area contributed by atoms with E-state index in [9.17, 15) is 4.79 Å². The van der Waals surface area contributed by atoms with Crippen LogP contribution in [0, 0.1) is 0 Å². The smallest absolute Gasteiger partial charge is 0.145 e. The maximum Gasteiger partial charge on any atom is 0.145 e. The second-order valence-electron chi connectivity index (χ2n) is 2.81. The number of hydrogen-bond donors (Lipinski definition) is 2. The number of carbonyl (C=O) groups is 1. The highest BCUT2D eigenvalue weighted by molar-refractivity contribution is 5.71. The molecule has 0 aliphatic heterocycles. The molecule has 0 amide bonds. The molecular formula is C9H14N2O. The lowest BCUT2D eigenvalue weighted by atomic mass is 9.88. The number of nitrogens with one attached hydrogen (secondary N) is 2. The van der Waals surface area contributed by atoms with Gasteiger partial charge in [-0.05, 0) is 14.1 Å². The van der Waals surface area contributed by atoms with Crippen LogP contribution in [0.15, 0.2) is 24.3 Å². The van der Waals surface area contributed by atoms with Crippen LogP contribution in [0.5, 0.6) is 0 Å². The van der Waals surface area contributed by atoms with Crippen molar-refractivity contribution < 1.29 is 4.79 Å². The molecule has 0 saturated heterocycles. The van der Waals surface area contributed by atoms with E-state index >= 15 is 0 Å². The van der Waals surface area contributed by atoms with Crippen LogP contribution >= 0.6 is 0 Å². The molecule has 0 spiro atoms. The first-order valence-electron chi connectivity index (χ1n) is 3.97. The van der Waals surface area contributed by atoms with Gasteiger partial charge in [-0.2, -0.15) is 0 Å². The Hall–Kier alpha value is -0.930. The van der Waals surface area contributed by atoms with E-state index in [0.717, 1.165) is 6.29 Å². The molecular weight excluding hydrogens is 152 g/mol. The third-order valence-corrected chi connectivity index (χ3v) is 2.24. The molecule has 0 saturated carbocycles. The van der Waals surface area contributed by atoms with E-state index < -0.39 is 5.54 Å². The van der Waals surface area contributed by atoms with Crippen molar-refractivity contribution in [1.29, 1.82) is 0 Å². The first kappa shape index (κ1) is 9.16. The van der Waals surface area contributed by atoms with Crippen LogP contribution in [-0.4, -0.2) is 32.0 Å². The molecule has 0 aromatic rings. The summed E-state index contributed by atoms with van der Waals surface area (Å²) in [7, 11) is 3.62. The average Bonchev–Trinajstić information content (AvgIpc) is 2.17. The molecule has 2 unspecified atom stereocenters. The molecule has 0 aromatic heterocycles. The van der Waals surface area contributed by atoms with E-state index in [-0.39, 0.29) is 6.04 Å². The number of aldehydes is 1. The average molecular weight is 166 g/mol. The predicted octanol–water partition coefficient (Wildman–Crippen LogP) is -0.143. The normalized spacial score (nSPS) is 33.7. The van der Waals surface area contributed by atoms with Crippen LogP contribution < -0.4 is 10.6 Å². The molecule has 3 nitrogen and oxygen atoms in total. The lowest BCUT2D eigenvalue weighted by Crippen LogP contribution is -2.57. The molecule has 3 heteroatoms. The van der Waals surface area contributed by atoms with Gasteiger partial charge in [-0.3, -0.25) is 0 Å². The molecule has 66 valence electrons. The standard InChI is InChI=1S/C9H14N2O/c1-10-8-5-3-4-6-9(8,7-12)11-2/h3-8,10-11H,1-2H3. The molecule has 0 fully saturated rings. The predicted molar refractivity (Wildman–Crippen MR) is 49.0 cm³/mol. The maximum absolute atomic E-state index is 10.9. The van der Waals surface area contributed by atoms with Crippen molar-refractivity contribution in [2.75, 3.05) is 14.1 Å². The van der Waals surface area contributed by atoms with Gasteiger partial charge in [0.1, 0.15) is 11.8 Å². The Morgan fingerprint density at radius 1 is 1.42 bits per heavy atom. The number of rotatable bonds is 3. The summed E-state index contributed by atoms with van der Waals surface area (Å²) >= 11 is 0. The third kappa shape index (κ3) is 1.33. The minimum Gasteiger partial charge on any atom is -0.311 e. The molecule has 1 aliphatic carbocycles. The van der Waals surface area contributed by atoms with Crippen molar-refractivity contribution >= 4 is 6.29 Å².